The summed E-state index contributed by atoms with van der Waals surface area (Å²) in [7, 11) is 0. The van der Waals surface area contributed by atoms with E-state index in [0.717, 1.165) is 36.5 Å². The molecule has 0 fully saturated rings. The van der Waals surface area contributed by atoms with E-state index in [9.17, 15) is 0 Å². The molecule has 3 nitrogen and oxygen atoms in total. The van der Waals surface area contributed by atoms with Gasteiger partial charge in [-0.3, -0.25) is 4.99 Å². The highest BCUT2D eigenvalue weighted by Crippen LogP contribution is 2.19. The average molecular weight is 274 g/mol. The van der Waals surface area contributed by atoms with Crippen LogP contribution in [-0.4, -0.2) is 19.0 Å². The van der Waals surface area contributed by atoms with Gasteiger partial charge in [-0.2, -0.15) is 0 Å². The van der Waals surface area contributed by atoms with Crippen LogP contribution in [-0.2, 0) is 6.54 Å². The lowest BCUT2D eigenvalue weighted by atomic mass is 10.4. The van der Waals surface area contributed by atoms with Crippen LogP contribution in [0.15, 0.2) is 20.9 Å². The van der Waals surface area contributed by atoms with Crippen molar-refractivity contribution in [3.8, 4) is 0 Å². The van der Waals surface area contributed by atoms with Gasteiger partial charge in [-0.15, -0.1) is 11.3 Å². The topological polar surface area (TPSA) is 36.4 Å². The van der Waals surface area contributed by atoms with E-state index in [-0.39, 0.29) is 0 Å². The molecule has 1 aliphatic rings. The van der Waals surface area contributed by atoms with E-state index in [4.69, 9.17) is 0 Å². The Labute approximate surface area is 95.8 Å². The minimum absolute atomic E-state index is 0.849. The van der Waals surface area contributed by atoms with Gasteiger partial charge in [0.1, 0.15) is 0 Å². The lowest BCUT2D eigenvalue weighted by Crippen LogP contribution is -2.40. The fraction of sp³-hybridized carbons (Fsp3) is 0.444. The van der Waals surface area contributed by atoms with Gasteiger partial charge in [0, 0.05) is 27.8 Å². The molecule has 2 rings (SSSR count). The van der Waals surface area contributed by atoms with Gasteiger partial charge in [0.05, 0.1) is 6.54 Å². The van der Waals surface area contributed by atoms with Gasteiger partial charge in [0.25, 0.3) is 0 Å². The van der Waals surface area contributed by atoms with E-state index in [0.29, 0.717) is 0 Å². The first kappa shape index (κ1) is 9.98. The van der Waals surface area contributed by atoms with Crippen LogP contribution in [0, 0.1) is 0 Å². The van der Waals surface area contributed by atoms with Crippen molar-refractivity contribution in [2.75, 3.05) is 13.1 Å². The van der Waals surface area contributed by atoms with Crippen LogP contribution in [0.2, 0.25) is 0 Å². The molecule has 0 amide bonds. The monoisotopic (exact) mass is 273 g/mol. The lowest BCUT2D eigenvalue weighted by Gasteiger charge is -2.15. The van der Waals surface area contributed by atoms with E-state index < -0.39 is 0 Å². The van der Waals surface area contributed by atoms with Crippen LogP contribution in [0.25, 0.3) is 0 Å². The van der Waals surface area contributed by atoms with Gasteiger partial charge in [-0.25, -0.2) is 0 Å². The standard InChI is InChI=1S/C9H12BrN3S/c10-7-4-8(14-6-7)5-13-9-11-2-1-3-12-9/h4,6H,1-3,5H2,(H2,11,12,13). The van der Waals surface area contributed by atoms with E-state index in [1.807, 2.05) is 0 Å². The maximum Gasteiger partial charge on any atom is 0.191 e. The van der Waals surface area contributed by atoms with Crippen LogP contribution < -0.4 is 10.6 Å². The molecule has 0 bridgehead atoms. The number of guanidine groups is 1. The second-order valence-electron chi connectivity index (χ2n) is 3.10. The zero-order valence-electron chi connectivity index (χ0n) is 7.72. The highest BCUT2D eigenvalue weighted by molar-refractivity contribution is 9.10. The van der Waals surface area contributed by atoms with Crippen molar-refractivity contribution in [2.24, 2.45) is 4.99 Å². The first-order valence-electron chi connectivity index (χ1n) is 4.60. The molecule has 14 heavy (non-hydrogen) atoms. The van der Waals surface area contributed by atoms with Crippen LogP contribution in [0.4, 0.5) is 0 Å². The molecule has 5 heteroatoms. The van der Waals surface area contributed by atoms with Crippen LogP contribution in [0.1, 0.15) is 11.3 Å². The summed E-state index contributed by atoms with van der Waals surface area (Å²) in [5.74, 6) is 0.931. The van der Waals surface area contributed by atoms with E-state index in [1.165, 1.54) is 4.88 Å². The van der Waals surface area contributed by atoms with Gasteiger partial charge in [-0.05, 0) is 28.4 Å². The third-order valence-corrected chi connectivity index (χ3v) is 3.65. The number of nitrogens with one attached hydrogen (secondary N) is 2. The second-order valence-corrected chi connectivity index (χ2v) is 5.01. The second kappa shape index (κ2) is 4.79. The Kier molecular flexibility index (Phi) is 3.42. The third-order valence-electron chi connectivity index (χ3n) is 1.95. The number of hydrogen-bond donors (Lipinski definition) is 2. The molecule has 1 aromatic rings. The van der Waals surface area contributed by atoms with Crippen LogP contribution in [0.5, 0.6) is 0 Å². The van der Waals surface area contributed by atoms with E-state index >= 15 is 0 Å². The van der Waals surface area contributed by atoms with Gasteiger partial charge in [0.15, 0.2) is 5.96 Å². The normalized spacial score (nSPS) is 15.9. The van der Waals surface area contributed by atoms with Crippen molar-refractivity contribution in [3.05, 3.63) is 20.8 Å². The largest absolute Gasteiger partial charge is 0.356 e. The number of aliphatic imine (C=N–C) groups is 1. The van der Waals surface area contributed by atoms with Crippen molar-refractivity contribution in [1.29, 1.82) is 0 Å². The molecule has 0 unspecified atom stereocenters. The van der Waals surface area contributed by atoms with Crippen molar-refractivity contribution in [3.63, 3.8) is 0 Å². The smallest absolute Gasteiger partial charge is 0.191 e. The molecule has 0 aliphatic carbocycles. The zero-order chi connectivity index (χ0) is 9.80. The predicted molar refractivity (Wildman–Crippen MR) is 63.8 cm³/mol. The molecular formula is C9H12BrN3S. The maximum absolute atomic E-state index is 4.34. The minimum Gasteiger partial charge on any atom is -0.356 e. The highest BCUT2D eigenvalue weighted by atomic mass is 79.9. The Hall–Kier alpha value is -0.550. The molecule has 2 N–H and O–H groups in total. The SMILES string of the molecule is Brc1csc(CNC2=NCCCN2)c1. The Morgan fingerprint density at radius 2 is 2.57 bits per heavy atom. The molecule has 0 saturated carbocycles. The Bertz CT molecular complexity index is 335. The summed E-state index contributed by atoms with van der Waals surface area (Å²) in [5, 5.41) is 8.60. The minimum atomic E-state index is 0.849. The first-order valence-corrected chi connectivity index (χ1v) is 6.27. The highest BCUT2D eigenvalue weighted by Gasteiger charge is 2.03. The fourth-order valence-electron chi connectivity index (χ4n) is 1.27. The van der Waals surface area contributed by atoms with Crippen LogP contribution >= 0.6 is 27.3 Å². The molecule has 0 atom stereocenters. The summed E-state index contributed by atoms with van der Waals surface area (Å²) < 4.78 is 1.15. The summed E-state index contributed by atoms with van der Waals surface area (Å²) >= 11 is 5.18. The van der Waals surface area contributed by atoms with E-state index in [2.05, 4.69) is 43.0 Å². The molecule has 0 aromatic carbocycles. The lowest BCUT2D eigenvalue weighted by molar-refractivity contribution is 0.703. The predicted octanol–water partition coefficient (Wildman–Crippen LogP) is 1.95. The summed E-state index contributed by atoms with van der Waals surface area (Å²) in [6.45, 7) is 2.81. The zero-order valence-corrected chi connectivity index (χ0v) is 10.1. The Morgan fingerprint density at radius 3 is 3.21 bits per heavy atom. The number of thiophene rings is 1. The summed E-state index contributed by atoms with van der Waals surface area (Å²) in [5.41, 5.74) is 0. The van der Waals surface area contributed by atoms with Gasteiger partial charge in [-0.1, -0.05) is 0 Å². The third kappa shape index (κ3) is 2.72. The molecule has 0 saturated heterocycles. The molecule has 0 spiro atoms. The van der Waals surface area contributed by atoms with Gasteiger partial charge >= 0.3 is 0 Å². The van der Waals surface area contributed by atoms with Crippen LogP contribution in [0.3, 0.4) is 0 Å². The fourth-order valence-corrected chi connectivity index (χ4v) is 2.66. The summed E-state index contributed by atoms with van der Waals surface area (Å²) in [4.78, 5) is 5.65. The molecule has 0 radical (unpaired) electrons. The summed E-state index contributed by atoms with van der Waals surface area (Å²) in [6, 6.07) is 2.13. The summed E-state index contributed by atoms with van der Waals surface area (Å²) in [6.07, 6.45) is 1.13. The van der Waals surface area contributed by atoms with Crippen molar-refractivity contribution >= 4 is 33.2 Å². The average Bonchev–Trinajstić information content (AvgIpc) is 2.63. The van der Waals surface area contributed by atoms with Crippen molar-refractivity contribution < 1.29 is 0 Å². The Morgan fingerprint density at radius 1 is 1.64 bits per heavy atom. The number of nitrogens with zero attached hydrogens (tertiary/aromatic N) is 1. The van der Waals surface area contributed by atoms with E-state index in [1.54, 1.807) is 11.3 Å². The number of rotatable bonds is 2. The van der Waals surface area contributed by atoms with Crippen molar-refractivity contribution in [1.82, 2.24) is 10.6 Å². The maximum atomic E-state index is 4.34. The Balaban J connectivity index is 1.84. The van der Waals surface area contributed by atoms with Gasteiger partial charge < -0.3 is 10.6 Å². The van der Waals surface area contributed by atoms with Gasteiger partial charge in [0.2, 0.25) is 0 Å². The molecule has 1 aromatic heterocycles. The molecular weight excluding hydrogens is 262 g/mol. The first-order chi connectivity index (χ1) is 6.84. The van der Waals surface area contributed by atoms with Crippen molar-refractivity contribution in [2.45, 2.75) is 13.0 Å². The number of hydrogen-bond acceptors (Lipinski definition) is 4. The molecule has 1 aliphatic heterocycles. The quantitative estimate of drug-likeness (QED) is 0.864. The molecule has 2 heterocycles. The molecule has 76 valence electrons. The number of halogens is 1.